The Morgan fingerprint density at radius 2 is 1.92 bits per heavy atom. The monoisotopic (exact) mass is 512 g/mol. The molecule has 0 spiro atoms. The van der Waals surface area contributed by atoms with Gasteiger partial charge in [0.05, 0.1) is 12.3 Å². The highest BCUT2D eigenvalue weighted by Crippen LogP contribution is 2.28. The van der Waals surface area contributed by atoms with Crippen LogP contribution in [0.5, 0.6) is 5.75 Å². The molecule has 1 fully saturated rings. The fraction of sp³-hybridized carbons (Fsp3) is 0.111. The highest BCUT2D eigenvalue weighted by atomic mass is 127. The van der Waals surface area contributed by atoms with Gasteiger partial charge in [-0.15, -0.1) is 0 Å². The summed E-state index contributed by atoms with van der Waals surface area (Å²) in [6, 6.07) is 12.8. The normalized spacial score (nSPS) is 15.6. The van der Waals surface area contributed by atoms with Crippen LogP contribution in [-0.4, -0.2) is 18.4 Å². The molecule has 2 aromatic carbocycles. The Hall–Kier alpha value is -1.87. The summed E-state index contributed by atoms with van der Waals surface area (Å²) >= 11 is 5.58. The van der Waals surface area contributed by atoms with E-state index in [9.17, 15) is 9.59 Å². The summed E-state index contributed by atoms with van der Waals surface area (Å²) in [6.45, 7) is 2.37. The van der Waals surface area contributed by atoms with Gasteiger partial charge in [0.25, 0.3) is 11.8 Å². The molecule has 5 nitrogen and oxygen atoms in total. The molecule has 0 aliphatic carbocycles. The van der Waals surface area contributed by atoms with E-state index in [1.807, 2.05) is 31.2 Å². The Kier molecular flexibility index (Phi) is 5.43. The first-order valence-electron chi connectivity index (χ1n) is 7.54. The van der Waals surface area contributed by atoms with Crippen LogP contribution in [0.4, 0.5) is 5.69 Å². The quantitative estimate of drug-likeness (QED) is 0.384. The second-order valence-electron chi connectivity index (χ2n) is 5.23. The Bertz CT molecular complexity index is 865. The molecule has 0 aromatic heterocycles. The minimum Gasteiger partial charge on any atom is -0.493 e. The predicted octanol–water partition coefficient (Wildman–Crippen LogP) is 3.91. The fourth-order valence-corrected chi connectivity index (χ4v) is 3.14. The van der Waals surface area contributed by atoms with Gasteiger partial charge >= 0.3 is 0 Å². The number of halogens is 2. The van der Waals surface area contributed by atoms with E-state index in [-0.39, 0.29) is 5.57 Å². The third kappa shape index (κ3) is 3.87. The summed E-state index contributed by atoms with van der Waals surface area (Å²) in [7, 11) is 0. The third-order valence-electron chi connectivity index (χ3n) is 3.55. The zero-order chi connectivity index (χ0) is 18.0. The average Bonchev–Trinajstić information content (AvgIpc) is 2.86. The van der Waals surface area contributed by atoms with Crippen molar-refractivity contribution >= 4 is 62.1 Å². The number of nitrogens with one attached hydrogen (secondary N) is 1. The van der Waals surface area contributed by atoms with Gasteiger partial charge in [0.2, 0.25) is 0 Å². The molecule has 0 bridgehead atoms. The number of ether oxygens (including phenoxy) is 1. The maximum atomic E-state index is 12.7. The highest BCUT2D eigenvalue weighted by molar-refractivity contribution is 14.1. The number of benzene rings is 2. The Morgan fingerprint density at radius 1 is 1.20 bits per heavy atom. The van der Waals surface area contributed by atoms with Crippen molar-refractivity contribution in [2.45, 2.75) is 6.92 Å². The van der Waals surface area contributed by atoms with Crippen LogP contribution in [0.2, 0.25) is 0 Å². The standard InChI is InChI=1S/C18H14BrIN2O3/c1-2-25-16-8-3-12(19)9-11(16)10-15-17(23)21-22(18(15)24)14-6-4-13(20)5-7-14/h3-10H,2H2,1H3,(H,21,23). The minimum atomic E-state index is -0.439. The lowest BCUT2D eigenvalue weighted by Crippen LogP contribution is -2.35. The van der Waals surface area contributed by atoms with Crippen molar-refractivity contribution in [1.82, 2.24) is 5.43 Å². The van der Waals surface area contributed by atoms with Gasteiger partial charge < -0.3 is 4.74 Å². The second kappa shape index (κ2) is 7.57. The Labute approximate surface area is 167 Å². The van der Waals surface area contributed by atoms with Crippen molar-refractivity contribution < 1.29 is 14.3 Å². The molecule has 2 amide bonds. The van der Waals surface area contributed by atoms with E-state index in [1.165, 1.54) is 5.01 Å². The lowest BCUT2D eigenvalue weighted by Gasteiger charge is -2.14. The third-order valence-corrected chi connectivity index (χ3v) is 4.76. The van der Waals surface area contributed by atoms with Crippen LogP contribution in [0.1, 0.15) is 12.5 Å². The number of rotatable bonds is 4. The molecule has 1 aliphatic rings. The lowest BCUT2D eigenvalue weighted by atomic mass is 10.1. The largest absolute Gasteiger partial charge is 0.493 e. The minimum absolute atomic E-state index is 0.0672. The number of amides is 2. The molecular formula is C18H14BrIN2O3. The lowest BCUT2D eigenvalue weighted by molar-refractivity contribution is -0.117. The average molecular weight is 513 g/mol. The first-order chi connectivity index (χ1) is 12.0. The fourth-order valence-electron chi connectivity index (χ4n) is 2.40. The van der Waals surface area contributed by atoms with Crippen molar-refractivity contribution in [1.29, 1.82) is 0 Å². The van der Waals surface area contributed by atoms with Gasteiger partial charge in [0.15, 0.2) is 0 Å². The maximum absolute atomic E-state index is 12.7. The van der Waals surface area contributed by atoms with Crippen LogP contribution < -0.4 is 15.2 Å². The van der Waals surface area contributed by atoms with Crippen LogP contribution in [0.15, 0.2) is 52.5 Å². The summed E-state index contributed by atoms with van der Waals surface area (Å²) in [5.74, 6) is -0.217. The van der Waals surface area contributed by atoms with Crippen LogP contribution in [0.25, 0.3) is 6.08 Å². The second-order valence-corrected chi connectivity index (χ2v) is 7.39. The number of carbonyl (C=O) groups excluding carboxylic acids is 2. The van der Waals surface area contributed by atoms with Crippen molar-refractivity contribution in [3.63, 3.8) is 0 Å². The van der Waals surface area contributed by atoms with Crippen molar-refractivity contribution in [3.8, 4) is 5.75 Å². The molecule has 1 N–H and O–H groups in total. The van der Waals surface area contributed by atoms with Gasteiger partial charge in [0.1, 0.15) is 11.3 Å². The molecule has 1 heterocycles. The molecule has 25 heavy (non-hydrogen) atoms. The summed E-state index contributed by atoms with van der Waals surface area (Å²) in [4.78, 5) is 25.0. The highest BCUT2D eigenvalue weighted by Gasteiger charge is 2.34. The molecule has 2 aromatic rings. The SMILES string of the molecule is CCOc1ccc(Br)cc1C=C1C(=O)NN(c2ccc(I)cc2)C1=O. The molecule has 1 saturated heterocycles. The van der Waals surface area contributed by atoms with E-state index < -0.39 is 11.8 Å². The molecular weight excluding hydrogens is 499 g/mol. The van der Waals surface area contributed by atoms with Gasteiger partial charge in [0, 0.05) is 13.6 Å². The van der Waals surface area contributed by atoms with Crippen molar-refractivity contribution in [2.24, 2.45) is 0 Å². The van der Waals surface area contributed by atoms with E-state index in [0.717, 1.165) is 8.04 Å². The number of hydrazine groups is 1. The Balaban J connectivity index is 1.96. The molecule has 0 saturated carbocycles. The molecule has 0 atom stereocenters. The van der Waals surface area contributed by atoms with E-state index in [2.05, 4.69) is 43.9 Å². The molecule has 3 rings (SSSR count). The summed E-state index contributed by atoms with van der Waals surface area (Å²) in [6.07, 6.45) is 1.56. The smallest absolute Gasteiger partial charge is 0.282 e. The molecule has 0 radical (unpaired) electrons. The van der Waals surface area contributed by atoms with Crippen molar-refractivity contribution in [3.05, 3.63) is 61.6 Å². The van der Waals surface area contributed by atoms with E-state index in [0.29, 0.717) is 23.6 Å². The summed E-state index contributed by atoms with van der Waals surface area (Å²) in [5.41, 5.74) is 3.94. The summed E-state index contributed by atoms with van der Waals surface area (Å²) < 4.78 is 7.46. The van der Waals surface area contributed by atoms with Crippen LogP contribution in [-0.2, 0) is 9.59 Å². The van der Waals surface area contributed by atoms with Gasteiger partial charge in [-0.3, -0.25) is 15.0 Å². The van der Waals surface area contributed by atoms with Gasteiger partial charge in [-0.25, -0.2) is 5.01 Å². The molecule has 0 unspecified atom stereocenters. The summed E-state index contributed by atoms with van der Waals surface area (Å²) in [5, 5.41) is 1.25. The number of nitrogens with zero attached hydrogens (tertiary/aromatic N) is 1. The van der Waals surface area contributed by atoms with E-state index in [1.54, 1.807) is 24.3 Å². The number of carbonyl (C=O) groups is 2. The van der Waals surface area contributed by atoms with E-state index in [4.69, 9.17) is 4.74 Å². The topological polar surface area (TPSA) is 58.6 Å². The number of anilines is 1. The zero-order valence-electron chi connectivity index (χ0n) is 13.3. The van der Waals surface area contributed by atoms with E-state index >= 15 is 0 Å². The van der Waals surface area contributed by atoms with Crippen LogP contribution in [0, 0.1) is 3.57 Å². The zero-order valence-corrected chi connectivity index (χ0v) is 17.0. The first kappa shape index (κ1) is 17.9. The number of hydrogen-bond donors (Lipinski definition) is 1. The molecule has 128 valence electrons. The van der Waals surface area contributed by atoms with Crippen LogP contribution >= 0.6 is 38.5 Å². The Morgan fingerprint density at radius 3 is 2.60 bits per heavy atom. The van der Waals surface area contributed by atoms with Gasteiger partial charge in [-0.1, -0.05) is 15.9 Å². The van der Waals surface area contributed by atoms with Crippen molar-refractivity contribution in [2.75, 3.05) is 11.6 Å². The van der Waals surface area contributed by atoms with Gasteiger partial charge in [-0.2, -0.15) is 0 Å². The van der Waals surface area contributed by atoms with Gasteiger partial charge in [-0.05, 0) is 78.1 Å². The maximum Gasteiger partial charge on any atom is 0.282 e. The molecule has 7 heteroatoms. The van der Waals surface area contributed by atoms with Crippen LogP contribution in [0.3, 0.4) is 0 Å². The first-order valence-corrected chi connectivity index (χ1v) is 9.42. The predicted molar refractivity (Wildman–Crippen MR) is 108 cm³/mol. The number of hydrogen-bond acceptors (Lipinski definition) is 3. The molecule has 1 aliphatic heterocycles.